The van der Waals surface area contributed by atoms with E-state index in [9.17, 15) is 26.4 Å². The van der Waals surface area contributed by atoms with E-state index in [-0.39, 0.29) is 22.8 Å². The van der Waals surface area contributed by atoms with Crippen LogP contribution < -0.4 is 5.32 Å². The molecule has 0 spiro atoms. The van der Waals surface area contributed by atoms with E-state index in [1.165, 1.54) is 30.5 Å². The Morgan fingerprint density at radius 3 is 2.17 bits per heavy atom. The van der Waals surface area contributed by atoms with E-state index in [0.29, 0.717) is 0 Å². The first kappa shape index (κ1) is 20.7. The third-order valence-electron chi connectivity index (χ3n) is 4.23. The first-order valence-corrected chi connectivity index (χ1v) is 10.0. The number of alkyl halides is 3. The molecule has 0 radical (unpaired) electrons. The maximum Gasteiger partial charge on any atom is 0.416 e. The summed E-state index contributed by atoms with van der Waals surface area (Å²) < 4.78 is 69.2. The molecule has 1 aromatic heterocycles. The Balaban J connectivity index is 1.80. The van der Waals surface area contributed by atoms with Gasteiger partial charge >= 0.3 is 6.18 Å². The summed E-state index contributed by atoms with van der Waals surface area (Å²) in [7, 11) is -3.89. The monoisotopic (exact) mass is 423 g/mol. The number of amides is 1. The van der Waals surface area contributed by atoms with E-state index in [1.54, 1.807) is 18.2 Å². The SMILES string of the molecule is O=C(NCC(c1ccco1)S(=O)(=O)c1ccccc1)c1ccc(C(F)(F)F)cc1. The van der Waals surface area contributed by atoms with Crippen LogP contribution in [-0.2, 0) is 16.0 Å². The van der Waals surface area contributed by atoms with Crippen molar-refractivity contribution in [1.29, 1.82) is 0 Å². The predicted octanol–water partition coefficient (Wildman–Crippen LogP) is 4.24. The summed E-state index contributed by atoms with van der Waals surface area (Å²) in [5.74, 6) is -0.555. The highest BCUT2D eigenvalue weighted by atomic mass is 32.2. The highest BCUT2D eigenvalue weighted by Crippen LogP contribution is 2.30. The maximum absolute atomic E-state index is 13.0. The normalized spacial score (nSPS) is 13.1. The molecule has 3 rings (SSSR count). The molecule has 29 heavy (non-hydrogen) atoms. The molecule has 1 atom stereocenters. The van der Waals surface area contributed by atoms with Gasteiger partial charge in [-0.25, -0.2) is 8.42 Å². The fourth-order valence-corrected chi connectivity index (χ4v) is 4.32. The van der Waals surface area contributed by atoms with Crippen LogP contribution in [0.4, 0.5) is 13.2 Å². The standard InChI is InChI=1S/C20H16F3NO4S/c21-20(22,23)15-10-8-14(9-11-15)19(25)24-13-18(17-7-4-12-28-17)29(26,27)16-5-2-1-3-6-16/h1-12,18H,13H2,(H,24,25). The molecule has 0 aliphatic rings. The molecule has 1 heterocycles. The minimum Gasteiger partial charge on any atom is -0.468 e. The number of halogens is 3. The minimum atomic E-state index is -4.51. The van der Waals surface area contributed by atoms with Crippen LogP contribution in [0.3, 0.4) is 0 Å². The Bertz CT molecular complexity index is 1060. The van der Waals surface area contributed by atoms with Crippen molar-refractivity contribution in [3.05, 3.63) is 89.9 Å². The van der Waals surface area contributed by atoms with Gasteiger partial charge in [0.2, 0.25) is 0 Å². The molecule has 2 aromatic carbocycles. The predicted molar refractivity (Wildman–Crippen MR) is 98.9 cm³/mol. The summed E-state index contributed by atoms with van der Waals surface area (Å²) in [5, 5.41) is 1.27. The van der Waals surface area contributed by atoms with Crippen molar-refractivity contribution in [1.82, 2.24) is 5.32 Å². The van der Waals surface area contributed by atoms with Crippen molar-refractivity contribution in [2.75, 3.05) is 6.54 Å². The molecule has 3 aromatic rings. The molecular weight excluding hydrogens is 407 g/mol. The second-order valence-electron chi connectivity index (χ2n) is 6.15. The fraction of sp³-hybridized carbons (Fsp3) is 0.150. The molecule has 0 aliphatic carbocycles. The van der Waals surface area contributed by atoms with Gasteiger partial charge in [-0.1, -0.05) is 18.2 Å². The molecule has 1 amide bonds. The number of furan rings is 1. The van der Waals surface area contributed by atoms with Gasteiger partial charge in [-0.2, -0.15) is 13.2 Å². The van der Waals surface area contributed by atoms with E-state index in [2.05, 4.69) is 5.32 Å². The molecule has 1 N–H and O–H groups in total. The molecule has 0 aliphatic heterocycles. The zero-order valence-corrected chi connectivity index (χ0v) is 15.7. The number of sulfone groups is 1. The Morgan fingerprint density at radius 1 is 0.966 bits per heavy atom. The van der Waals surface area contributed by atoms with Gasteiger partial charge < -0.3 is 9.73 Å². The molecule has 152 valence electrons. The summed E-state index contributed by atoms with van der Waals surface area (Å²) in [5.41, 5.74) is -0.900. The summed E-state index contributed by atoms with van der Waals surface area (Å²) in [6.07, 6.45) is -3.19. The number of rotatable bonds is 6. The highest BCUT2D eigenvalue weighted by molar-refractivity contribution is 7.91. The van der Waals surface area contributed by atoms with Crippen LogP contribution in [0.25, 0.3) is 0 Å². The van der Waals surface area contributed by atoms with E-state index in [0.717, 1.165) is 24.3 Å². The topological polar surface area (TPSA) is 76.4 Å². The average Bonchev–Trinajstić information content (AvgIpc) is 3.22. The number of carbonyl (C=O) groups is 1. The summed E-state index contributed by atoms with van der Waals surface area (Å²) in [4.78, 5) is 12.4. The second kappa shape index (κ2) is 8.12. The Kier molecular flexibility index (Phi) is 5.78. The lowest BCUT2D eigenvalue weighted by Crippen LogP contribution is -2.31. The average molecular weight is 423 g/mol. The Hall–Kier alpha value is -3.07. The molecule has 0 saturated heterocycles. The lowest BCUT2D eigenvalue weighted by molar-refractivity contribution is -0.137. The fourth-order valence-electron chi connectivity index (χ4n) is 2.71. The van der Waals surface area contributed by atoms with Crippen LogP contribution in [0.2, 0.25) is 0 Å². The number of benzene rings is 2. The number of carbonyl (C=O) groups excluding carboxylic acids is 1. The van der Waals surface area contributed by atoms with Crippen molar-refractivity contribution in [3.8, 4) is 0 Å². The Labute approximate surface area is 165 Å². The number of hydrogen-bond acceptors (Lipinski definition) is 4. The van der Waals surface area contributed by atoms with E-state index < -0.39 is 32.7 Å². The molecular formula is C20H16F3NO4S. The molecule has 0 bridgehead atoms. The number of nitrogens with one attached hydrogen (secondary N) is 1. The van der Waals surface area contributed by atoms with Crippen LogP contribution in [0.5, 0.6) is 0 Å². The molecule has 5 nitrogen and oxygen atoms in total. The Morgan fingerprint density at radius 2 is 1.62 bits per heavy atom. The van der Waals surface area contributed by atoms with E-state index >= 15 is 0 Å². The van der Waals surface area contributed by atoms with Gasteiger partial charge in [0, 0.05) is 12.1 Å². The minimum absolute atomic E-state index is 0.0201. The molecule has 0 fully saturated rings. The van der Waals surface area contributed by atoms with Gasteiger partial charge in [-0.15, -0.1) is 0 Å². The van der Waals surface area contributed by atoms with Crippen molar-refractivity contribution in [2.24, 2.45) is 0 Å². The molecule has 9 heteroatoms. The molecule has 1 unspecified atom stereocenters. The van der Waals surface area contributed by atoms with Gasteiger partial charge in [-0.05, 0) is 48.5 Å². The lowest BCUT2D eigenvalue weighted by atomic mass is 10.1. The van der Waals surface area contributed by atoms with Crippen molar-refractivity contribution < 1.29 is 30.8 Å². The zero-order chi connectivity index (χ0) is 21.1. The zero-order valence-electron chi connectivity index (χ0n) is 14.9. The largest absolute Gasteiger partial charge is 0.468 e. The summed E-state index contributed by atoms with van der Waals surface area (Å²) >= 11 is 0. The first-order valence-electron chi connectivity index (χ1n) is 8.47. The van der Waals surface area contributed by atoms with Crippen LogP contribution in [-0.4, -0.2) is 20.9 Å². The van der Waals surface area contributed by atoms with Crippen LogP contribution >= 0.6 is 0 Å². The van der Waals surface area contributed by atoms with E-state index in [4.69, 9.17) is 4.42 Å². The smallest absolute Gasteiger partial charge is 0.416 e. The third-order valence-corrected chi connectivity index (χ3v) is 6.31. The third kappa shape index (κ3) is 4.68. The van der Waals surface area contributed by atoms with Gasteiger partial charge in [-0.3, -0.25) is 4.79 Å². The molecule has 0 saturated carbocycles. The second-order valence-corrected chi connectivity index (χ2v) is 8.28. The summed E-state index contributed by atoms with van der Waals surface area (Å²) in [6.45, 7) is -0.315. The summed E-state index contributed by atoms with van der Waals surface area (Å²) in [6, 6.07) is 14.4. The van der Waals surface area contributed by atoms with Gasteiger partial charge in [0.25, 0.3) is 5.91 Å². The van der Waals surface area contributed by atoms with Crippen LogP contribution in [0.1, 0.15) is 26.9 Å². The quantitative estimate of drug-likeness (QED) is 0.643. The number of hydrogen-bond donors (Lipinski definition) is 1. The van der Waals surface area contributed by atoms with Crippen LogP contribution in [0.15, 0.2) is 82.3 Å². The lowest BCUT2D eigenvalue weighted by Gasteiger charge is -2.17. The highest BCUT2D eigenvalue weighted by Gasteiger charge is 2.32. The van der Waals surface area contributed by atoms with Gasteiger partial charge in [0.1, 0.15) is 11.0 Å². The van der Waals surface area contributed by atoms with Gasteiger partial charge in [0.15, 0.2) is 9.84 Å². The van der Waals surface area contributed by atoms with Gasteiger partial charge in [0.05, 0.1) is 16.7 Å². The van der Waals surface area contributed by atoms with Crippen molar-refractivity contribution in [3.63, 3.8) is 0 Å². The van der Waals surface area contributed by atoms with E-state index in [1.807, 2.05) is 0 Å². The van der Waals surface area contributed by atoms with Crippen molar-refractivity contribution in [2.45, 2.75) is 16.3 Å². The first-order chi connectivity index (χ1) is 13.7. The van der Waals surface area contributed by atoms with Crippen molar-refractivity contribution >= 4 is 15.7 Å². The maximum atomic E-state index is 13.0. The van der Waals surface area contributed by atoms with Crippen LogP contribution in [0, 0.1) is 0 Å².